The minimum Gasteiger partial charge on any atom is -0.294 e. The Bertz CT molecular complexity index is 541. The molecule has 1 nitrogen and oxygen atoms in total. The fraction of sp³-hybridized carbons (Fsp3) is 0.278. The highest BCUT2D eigenvalue weighted by Crippen LogP contribution is 2.13. The third kappa shape index (κ3) is 4.06. The summed E-state index contributed by atoms with van der Waals surface area (Å²) in [6.07, 6.45) is 1.50. The molecule has 19 heavy (non-hydrogen) atoms. The van der Waals surface area contributed by atoms with Crippen LogP contribution in [0.15, 0.2) is 54.6 Å². The summed E-state index contributed by atoms with van der Waals surface area (Å²) in [5, 5.41) is 0. The van der Waals surface area contributed by atoms with Gasteiger partial charge in [-0.25, -0.2) is 0 Å². The Kier molecular flexibility index (Phi) is 4.51. The van der Waals surface area contributed by atoms with Crippen molar-refractivity contribution in [3.05, 3.63) is 71.3 Å². The summed E-state index contributed by atoms with van der Waals surface area (Å²) in [6, 6.07) is 17.9. The van der Waals surface area contributed by atoms with E-state index in [4.69, 9.17) is 0 Å². The average Bonchev–Trinajstić information content (AvgIpc) is 2.39. The molecule has 0 saturated heterocycles. The summed E-state index contributed by atoms with van der Waals surface area (Å²) in [6.45, 7) is 4.39. The molecule has 98 valence electrons. The first-order valence-corrected chi connectivity index (χ1v) is 6.81. The van der Waals surface area contributed by atoms with Gasteiger partial charge in [-0.15, -0.1) is 0 Å². The predicted molar refractivity (Wildman–Crippen MR) is 79.5 cm³/mol. The largest absolute Gasteiger partial charge is 0.294 e. The number of hydrogen-bond acceptors (Lipinski definition) is 1. The number of ketones is 1. The molecule has 1 heteroatoms. The van der Waals surface area contributed by atoms with Crippen molar-refractivity contribution in [2.45, 2.75) is 26.7 Å². The first-order valence-electron chi connectivity index (χ1n) is 6.81. The highest BCUT2D eigenvalue weighted by molar-refractivity contribution is 5.97. The molecule has 0 aliphatic rings. The fourth-order valence-corrected chi connectivity index (χ4v) is 2.23. The summed E-state index contributed by atoms with van der Waals surface area (Å²) in [4.78, 5) is 12.3. The molecule has 0 unspecified atom stereocenters. The van der Waals surface area contributed by atoms with Gasteiger partial charge in [-0.2, -0.15) is 0 Å². The Labute approximate surface area is 115 Å². The standard InChI is InChI=1S/C18H20O/c1-14(2)11-16-9-6-10-17(12-16)18(19)13-15-7-4-3-5-8-15/h3-10,12,14H,11,13H2,1-2H3. The van der Waals surface area contributed by atoms with Crippen molar-refractivity contribution in [3.8, 4) is 0 Å². The second-order valence-corrected chi connectivity index (χ2v) is 5.38. The van der Waals surface area contributed by atoms with Crippen LogP contribution in [0.3, 0.4) is 0 Å². The molecule has 2 rings (SSSR count). The lowest BCUT2D eigenvalue weighted by molar-refractivity contribution is 0.0993. The number of carbonyl (C=O) groups is 1. The Morgan fingerprint density at radius 2 is 1.63 bits per heavy atom. The molecule has 0 saturated carbocycles. The van der Waals surface area contributed by atoms with Crippen molar-refractivity contribution in [1.29, 1.82) is 0 Å². The Morgan fingerprint density at radius 3 is 2.32 bits per heavy atom. The zero-order chi connectivity index (χ0) is 13.7. The molecule has 2 aromatic rings. The number of benzene rings is 2. The van der Waals surface area contributed by atoms with Crippen LogP contribution >= 0.6 is 0 Å². The van der Waals surface area contributed by atoms with E-state index in [2.05, 4.69) is 19.9 Å². The lowest BCUT2D eigenvalue weighted by Gasteiger charge is -2.07. The average molecular weight is 252 g/mol. The fourth-order valence-electron chi connectivity index (χ4n) is 2.23. The Morgan fingerprint density at radius 1 is 0.947 bits per heavy atom. The van der Waals surface area contributed by atoms with E-state index in [1.165, 1.54) is 5.56 Å². The van der Waals surface area contributed by atoms with E-state index in [0.29, 0.717) is 12.3 Å². The number of carbonyl (C=O) groups excluding carboxylic acids is 1. The Balaban J connectivity index is 2.11. The topological polar surface area (TPSA) is 17.1 Å². The molecule has 0 atom stereocenters. The molecule has 0 amide bonds. The van der Waals surface area contributed by atoms with E-state index in [1.807, 2.05) is 48.5 Å². The van der Waals surface area contributed by atoms with Crippen molar-refractivity contribution < 1.29 is 4.79 Å². The summed E-state index contributed by atoms with van der Waals surface area (Å²) in [7, 11) is 0. The maximum absolute atomic E-state index is 12.3. The van der Waals surface area contributed by atoms with Gasteiger partial charge in [-0.3, -0.25) is 4.79 Å². The molecular formula is C18H20O. The zero-order valence-corrected chi connectivity index (χ0v) is 11.6. The van der Waals surface area contributed by atoms with Crippen molar-refractivity contribution in [3.63, 3.8) is 0 Å². The normalized spacial score (nSPS) is 10.7. The van der Waals surface area contributed by atoms with Crippen LogP contribution in [-0.4, -0.2) is 5.78 Å². The molecule has 0 radical (unpaired) electrons. The third-order valence-electron chi connectivity index (χ3n) is 3.10. The summed E-state index contributed by atoms with van der Waals surface area (Å²) < 4.78 is 0. The SMILES string of the molecule is CC(C)Cc1cccc(C(=O)Cc2ccccc2)c1. The summed E-state index contributed by atoms with van der Waals surface area (Å²) >= 11 is 0. The lowest BCUT2D eigenvalue weighted by Crippen LogP contribution is -2.04. The van der Waals surface area contributed by atoms with Crippen molar-refractivity contribution in [2.75, 3.05) is 0 Å². The van der Waals surface area contributed by atoms with E-state index in [-0.39, 0.29) is 5.78 Å². The van der Waals surface area contributed by atoms with Gasteiger partial charge in [0.25, 0.3) is 0 Å². The molecule has 0 aromatic heterocycles. The van der Waals surface area contributed by atoms with Gasteiger partial charge in [0.05, 0.1) is 0 Å². The van der Waals surface area contributed by atoms with Gasteiger partial charge in [-0.05, 0) is 29.5 Å². The maximum Gasteiger partial charge on any atom is 0.167 e. The van der Waals surface area contributed by atoms with Crippen LogP contribution in [0.4, 0.5) is 0 Å². The van der Waals surface area contributed by atoms with E-state index in [1.54, 1.807) is 0 Å². The smallest absolute Gasteiger partial charge is 0.167 e. The highest BCUT2D eigenvalue weighted by Gasteiger charge is 2.08. The van der Waals surface area contributed by atoms with Crippen molar-refractivity contribution in [2.24, 2.45) is 5.92 Å². The molecule has 0 spiro atoms. The van der Waals surface area contributed by atoms with Gasteiger partial charge in [0.15, 0.2) is 5.78 Å². The quantitative estimate of drug-likeness (QED) is 0.725. The van der Waals surface area contributed by atoms with E-state index in [0.717, 1.165) is 17.5 Å². The van der Waals surface area contributed by atoms with Gasteiger partial charge >= 0.3 is 0 Å². The zero-order valence-electron chi connectivity index (χ0n) is 11.6. The molecule has 0 aliphatic heterocycles. The molecule has 0 bridgehead atoms. The third-order valence-corrected chi connectivity index (χ3v) is 3.10. The van der Waals surface area contributed by atoms with Gasteiger partial charge < -0.3 is 0 Å². The Hall–Kier alpha value is -1.89. The molecular weight excluding hydrogens is 232 g/mol. The van der Waals surface area contributed by atoms with Gasteiger partial charge in [0.1, 0.15) is 0 Å². The van der Waals surface area contributed by atoms with Crippen LogP contribution in [-0.2, 0) is 12.8 Å². The van der Waals surface area contributed by atoms with Crippen LogP contribution in [0.5, 0.6) is 0 Å². The van der Waals surface area contributed by atoms with E-state index < -0.39 is 0 Å². The predicted octanol–water partition coefficient (Wildman–Crippen LogP) is 4.31. The minimum atomic E-state index is 0.191. The maximum atomic E-state index is 12.3. The van der Waals surface area contributed by atoms with Gasteiger partial charge in [0.2, 0.25) is 0 Å². The molecule has 0 heterocycles. The number of Topliss-reactive ketones (excluding diaryl/α,β-unsaturated/α-hetero) is 1. The van der Waals surface area contributed by atoms with Crippen LogP contribution in [0.2, 0.25) is 0 Å². The van der Waals surface area contributed by atoms with Crippen LogP contribution in [0, 0.1) is 5.92 Å². The lowest BCUT2D eigenvalue weighted by atomic mass is 9.97. The molecule has 0 fully saturated rings. The first kappa shape index (κ1) is 13.5. The number of rotatable bonds is 5. The molecule has 0 N–H and O–H groups in total. The second kappa shape index (κ2) is 6.33. The first-order chi connectivity index (χ1) is 9.15. The van der Waals surface area contributed by atoms with Crippen LogP contribution in [0.1, 0.15) is 35.3 Å². The van der Waals surface area contributed by atoms with E-state index >= 15 is 0 Å². The van der Waals surface area contributed by atoms with E-state index in [9.17, 15) is 4.79 Å². The monoisotopic (exact) mass is 252 g/mol. The van der Waals surface area contributed by atoms with Crippen molar-refractivity contribution >= 4 is 5.78 Å². The summed E-state index contributed by atoms with van der Waals surface area (Å²) in [5.41, 5.74) is 3.14. The summed E-state index contributed by atoms with van der Waals surface area (Å²) in [5.74, 6) is 0.802. The number of hydrogen-bond donors (Lipinski definition) is 0. The van der Waals surface area contributed by atoms with Crippen LogP contribution in [0.25, 0.3) is 0 Å². The second-order valence-electron chi connectivity index (χ2n) is 5.38. The van der Waals surface area contributed by atoms with Gasteiger partial charge in [-0.1, -0.05) is 62.4 Å². The van der Waals surface area contributed by atoms with Crippen LogP contribution < -0.4 is 0 Å². The van der Waals surface area contributed by atoms with Gasteiger partial charge in [0, 0.05) is 12.0 Å². The molecule has 0 aliphatic carbocycles. The minimum absolute atomic E-state index is 0.191. The van der Waals surface area contributed by atoms with Crippen molar-refractivity contribution in [1.82, 2.24) is 0 Å². The molecule has 2 aromatic carbocycles. The highest BCUT2D eigenvalue weighted by atomic mass is 16.1.